The first kappa shape index (κ1) is 19.9. The zero-order chi connectivity index (χ0) is 21.4. The summed E-state index contributed by atoms with van der Waals surface area (Å²) in [4.78, 5) is 39.6. The first-order valence-electron chi connectivity index (χ1n) is 10.3. The lowest BCUT2D eigenvalue weighted by Gasteiger charge is -2.15. The van der Waals surface area contributed by atoms with Gasteiger partial charge in [-0.05, 0) is 24.5 Å². The average molecular weight is 403 g/mol. The molecule has 0 spiro atoms. The molecule has 3 amide bonds. The minimum absolute atomic E-state index is 0.0385. The van der Waals surface area contributed by atoms with Crippen LogP contribution in [-0.4, -0.2) is 39.8 Å². The number of Topliss-reactive ketones (excluding diaryl/α,β-unsaturated/α-hetero) is 1. The fourth-order valence-electron chi connectivity index (χ4n) is 4.18. The third kappa shape index (κ3) is 3.18. The van der Waals surface area contributed by atoms with Crippen LogP contribution in [0.3, 0.4) is 0 Å². The lowest BCUT2D eigenvalue weighted by atomic mass is 10.0. The number of nitrogens with one attached hydrogen (secondary N) is 1. The Labute approximate surface area is 175 Å². The van der Waals surface area contributed by atoms with Gasteiger partial charge in [0.05, 0.1) is 17.8 Å². The van der Waals surface area contributed by atoms with E-state index in [1.165, 1.54) is 0 Å². The largest absolute Gasteiger partial charge is 0.340 e. The minimum atomic E-state index is -0.587. The molecule has 2 heterocycles. The third-order valence-electron chi connectivity index (χ3n) is 5.64. The van der Waals surface area contributed by atoms with Crippen molar-refractivity contribution in [3.63, 3.8) is 0 Å². The molecule has 6 heteroatoms. The molecule has 2 aromatic carbocycles. The summed E-state index contributed by atoms with van der Waals surface area (Å²) >= 11 is 0. The molecule has 0 bridgehead atoms. The Morgan fingerprint density at radius 2 is 1.70 bits per heavy atom. The van der Waals surface area contributed by atoms with Gasteiger partial charge in [-0.1, -0.05) is 62.4 Å². The van der Waals surface area contributed by atoms with Crippen LogP contribution >= 0.6 is 0 Å². The molecule has 1 N–H and O–H groups in total. The van der Waals surface area contributed by atoms with Gasteiger partial charge in [-0.2, -0.15) is 0 Å². The predicted molar refractivity (Wildman–Crippen MR) is 116 cm³/mol. The van der Waals surface area contributed by atoms with Gasteiger partial charge >= 0.3 is 6.03 Å². The first-order chi connectivity index (χ1) is 14.4. The Hall–Kier alpha value is -3.41. The molecule has 0 aliphatic carbocycles. The maximum atomic E-state index is 13.5. The summed E-state index contributed by atoms with van der Waals surface area (Å²) in [6.45, 7) is 6.20. The van der Waals surface area contributed by atoms with E-state index in [4.69, 9.17) is 0 Å². The highest BCUT2D eigenvalue weighted by atomic mass is 16.2. The summed E-state index contributed by atoms with van der Waals surface area (Å²) in [5.41, 5.74) is 3.25. The molecule has 0 saturated carbocycles. The van der Waals surface area contributed by atoms with E-state index in [0.717, 1.165) is 27.1 Å². The van der Waals surface area contributed by atoms with Crippen LogP contribution in [-0.2, 0) is 11.3 Å². The van der Waals surface area contributed by atoms with Crippen LogP contribution in [0.25, 0.3) is 22.2 Å². The Morgan fingerprint density at radius 3 is 2.33 bits per heavy atom. The molecule has 1 saturated heterocycles. The van der Waals surface area contributed by atoms with E-state index in [9.17, 15) is 14.4 Å². The second kappa shape index (κ2) is 7.78. The quantitative estimate of drug-likeness (QED) is 0.498. The average Bonchev–Trinajstić information content (AvgIpc) is 3.23. The summed E-state index contributed by atoms with van der Waals surface area (Å²) in [6, 6.07) is 16.4. The summed E-state index contributed by atoms with van der Waals surface area (Å²) < 4.78 is 2.11. The van der Waals surface area contributed by atoms with Crippen molar-refractivity contribution < 1.29 is 14.4 Å². The van der Waals surface area contributed by atoms with E-state index in [-0.39, 0.29) is 24.2 Å². The van der Waals surface area contributed by atoms with Crippen molar-refractivity contribution in [1.82, 2.24) is 14.8 Å². The highest BCUT2D eigenvalue weighted by Crippen LogP contribution is 2.34. The summed E-state index contributed by atoms with van der Waals surface area (Å²) in [6.07, 6.45) is 0. The van der Waals surface area contributed by atoms with E-state index in [2.05, 4.69) is 9.88 Å². The number of amides is 3. The van der Waals surface area contributed by atoms with Crippen molar-refractivity contribution in [1.29, 1.82) is 0 Å². The fourth-order valence-corrected chi connectivity index (χ4v) is 4.18. The van der Waals surface area contributed by atoms with Gasteiger partial charge in [0.15, 0.2) is 5.78 Å². The Morgan fingerprint density at radius 1 is 1.03 bits per heavy atom. The van der Waals surface area contributed by atoms with Crippen LogP contribution in [0, 0.1) is 5.92 Å². The topological polar surface area (TPSA) is 71.4 Å². The van der Waals surface area contributed by atoms with E-state index >= 15 is 0 Å². The number of benzene rings is 2. The number of hydrogen-bond donors (Lipinski definition) is 1. The summed E-state index contributed by atoms with van der Waals surface area (Å²) in [5, 5.41) is 3.52. The molecule has 1 atom stereocenters. The zero-order valence-electron chi connectivity index (χ0n) is 17.4. The van der Waals surface area contributed by atoms with Crippen molar-refractivity contribution in [2.45, 2.75) is 33.4 Å². The van der Waals surface area contributed by atoms with Gasteiger partial charge < -0.3 is 9.88 Å². The van der Waals surface area contributed by atoms with Gasteiger partial charge in [0, 0.05) is 17.4 Å². The predicted octanol–water partition coefficient (Wildman–Crippen LogP) is 4.09. The number of hydrogen-bond acceptors (Lipinski definition) is 3. The number of fused-ring (bicyclic) bond motifs is 1. The molecule has 4 rings (SSSR count). The lowest BCUT2D eigenvalue weighted by Crippen LogP contribution is -2.37. The molecule has 6 nitrogen and oxygen atoms in total. The molecule has 154 valence electrons. The number of ketones is 1. The molecular formula is C24H25N3O3. The van der Waals surface area contributed by atoms with Gasteiger partial charge in [0.1, 0.15) is 6.04 Å². The van der Waals surface area contributed by atoms with Crippen molar-refractivity contribution in [2.75, 3.05) is 6.54 Å². The van der Waals surface area contributed by atoms with E-state index in [0.29, 0.717) is 12.1 Å². The molecule has 1 unspecified atom stereocenters. The maximum absolute atomic E-state index is 13.5. The molecule has 1 fully saturated rings. The second-order valence-corrected chi connectivity index (χ2v) is 7.87. The lowest BCUT2D eigenvalue weighted by molar-refractivity contribution is -0.127. The van der Waals surface area contributed by atoms with Crippen LogP contribution < -0.4 is 5.32 Å². The smallest absolute Gasteiger partial charge is 0.325 e. The van der Waals surface area contributed by atoms with Crippen LogP contribution in [0.1, 0.15) is 31.1 Å². The van der Waals surface area contributed by atoms with Crippen LogP contribution in [0.4, 0.5) is 4.79 Å². The number of carbonyl (C=O) groups is 3. The molecule has 3 aromatic rings. The monoisotopic (exact) mass is 403 g/mol. The van der Waals surface area contributed by atoms with Crippen LogP contribution in [0.5, 0.6) is 0 Å². The van der Waals surface area contributed by atoms with E-state index in [1.807, 2.05) is 75.4 Å². The van der Waals surface area contributed by atoms with Crippen molar-refractivity contribution >= 4 is 28.6 Å². The van der Waals surface area contributed by atoms with Gasteiger partial charge in [-0.15, -0.1) is 0 Å². The Kier molecular flexibility index (Phi) is 5.16. The number of imide groups is 1. The standard InChI is InChI=1S/C24H25N3O3/c1-4-26-18-13-9-8-12-17(18)20(22(26)16-10-6-5-7-11-16)19(28)14-27-23(29)21(15(2)3)25-24(27)30/h5-13,15,21H,4,14H2,1-3H3,(H,25,30). The SMILES string of the molecule is CCn1c(-c2ccccc2)c(C(=O)CN2C(=O)NC(C(C)C)C2=O)c2ccccc21. The van der Waals surface area contributed by atoms with Crippen molar-refractivity contribution in [3.8, 4) is 11.3 Å². The number of aryl methyl sites for hydroxylation is 1. The van der Waals surface area contributed by atoms with Crippen molar-refractivity contribution in [3.05, 3.63) is 60.2 Å². The van der Waals surface area contributed by atoms with Gasteiger partial charge in [0.2, 0.25) is 0 Å². The highest BCUT2D eigenvalue weighted by Gasteiger charge is 2.41. The van der Waals surface area contributed by atoms with Gasteiger partial charge in [-0.25, -0.2) is 4.79 Å². The fraction of sp³-hybridized carbons (Fsp3) is 0.292. The molecule has 1 aliphatic heterocycles. The minimum Gasteiger partial charge on any atom is -0.340 e. The summed E-state index contributed by atoms with van der Waals surface area (Å²) in [5.74, 6) is -0.627. The number of urea groups is 1. The Bertz CT molecular complexity index is 1130. The van der Waals surface area contributed by atoms with E-state index < -0.39 is 12.1 Å². The molecule has 1 aromatic heterocycles. The molecule has 1 aliphatic rings. The highest BCUT2D eigenvalue weighted by molar-refractivity contribution is 6.17. The van der Waals surface area contributed by atoms with Crippen LogP contribution in [0.15, 0.2) is 54.6 Å². The van der Waals surface area contributed by atoms with Gasteiger partial charge in [0.25, 0.3) is 5.91 Å². The molecule has 0 radical (unpaired) electrons. The van der Waals surface area contributed by atoms with E-state index in [1.54, 1.807) is 0 Å². The zero-order valence-corrected chi connectivity index (χ0v) is 17.4. The van der Waals surface area contributed by atoms with Crippen LogP contribution in [0.2, 0.25) is 0 Å². The number of para-hydroxylation sites is 1. The number of aromatic nitrogens is 1. The van der Waals surface area contributed by atoms with Crippen molar-refractivity contribution in [2.24, 2.45) is 5.92 Å². The van der Waals surface area contributed by atoms with Gasteiger partial charge in [-0.3, -0.25) is 14.5 Å². The number of carbonyl (C=O) groups excluding carboxylic acids is 3. The first-order valence-corrected chi connectivity index (χ1v) is 10.3. The maximum Gasteiger partial charge on any atom is 0.325 e. The number of nitrogens with zero attached hydrogens (tertiary/aromatic N) is 2. The second-order valence-electron chi connectivity index (χ2n) is 7.87. The normalized spacial score (nSPS) is 16.5. The Balaban J connectivity index is 1.82. The molecular weight excluding hydrogens is 378 g/mol. The summed E-state index contributed by atoms with van der Waals surface area (Å²) in [7, 11) is 0. The molecule has 30 heavy (non-hydrogen) atoms. The number of rotatable bonds is 6. The third-order valence-corrected chi connectivity index (χ3v) is 5.64.